The van der Waals surface area contributed by atoms with Crippen LogP contribution in [-0.2, 0) is 15.6 Å². The molecule has 1 N–H and O–H groups in total. The van der Waals surface area contributed by atoms with Crippen LogP contribution in [0.1, 0.15) is 56.3 Å². The number of piperidine rings is 1. The first-order chi connectivity index (χ1) is 15.9. The molecule has 2 fully saturated rings. The van der Waals surface area contributed by atoms with Gasteiger partial charge in [0.2, 0.25) is 5.91 Å². The van der Waals surface area contributed by atoms with Gasteiger partial charge in [-0.1, -0.05) is 42.0 Å². The summed E-state index contributed by atoms with van der Waals surface area (Å²) in [5.74, 6) is 0.194. The first kappa shape index (κ1) is 19.7. The zero-order valence-electron chi connectivity index (χ0n) is 19.9. The first-order valence-corrected chi connectivity index (χ1v) is 12.3. The fourth-order valence-corrected chi connectivity index (χ4v) is 8.48. The summed E-state index contributed by atoms with van der Waals surface area (Å²) in [7, 11) is 2.26. The molecule has 2 aromatic rings. The second-order valence-corrected chi connectivity index (χ2v) is 10.9. The van der Waals surface area contributed by atoms with Crippen molar-refractivity contribution in [1.82, 2.24) is 9.80 Å². The Kier molecular flexibility index (Phi) is 3.70. The number of nitrogens with one attached hydrogen (secondary N) is 1. The number of likely N-dealkylation sites (N-methyl/N-ethyl adjacent to an activating group) is 1. The number of hydrogen-bond donors (Lipinski definition) is 1. The summed E-state index contributed by atoms with van der Waals surface area (Å²) in [5.41, 5.74) is 8.06. The van der Waals surface area contributed by atoms with Gasteiger partial charge in [-0.2, -0.15) is 0 Å². The normalized spacial score (nSPS) is 36.5. The molecule has 33 heavy (non-hydrogen) atoms. The third-order valence-electron chi connectivity index (χ3n) is 9.38. The molecule has 5 nitrogen and oxygen atoms in total. The molecule has 1 amide bonds. The smallest absolute Gasteiger partial charge is 0.220 e. The highest BCUT2D eigenvalue weighted by Gasteiger charge is 2.75. The van der Waals surface area contributed by atoms with Crippen LogP contribution in [-0.4, -0.2) is 48.2 Å². The Labute approximate surface area is 196 Å². The van der Waals surface area contributed by atoms with Crippen LogP contribution in [0.15, 0.2) is 54.1 Å². The molecule has 6 heterocycles. The van der Waals surface area contributed by atoms with Crippen LogP contribution in [0.5, 0.6) is 0 Å². The Morgan fingerprint density at radius 3 is 2.61 bits per heavy atom. The summed E-state index contributed by atoms with van der Waals surface area (Å²) in [4.78, 5) is 20.4. The van der Waals surface area contributed by atoms with Gasteiger partial charge in [0.05, 0.1) is 17.6 Å². The molecule has 0 radical (unpaired) electrons. The van der Waals surface area contributed by atoms with Crippen molar-refractivity contribution in [3.05, 3.63) is 70.8 Å². The predicted molar refractivity (Wildman–Crippen MR) is 131 cm³/mol. The molecular weight excluding hydrogens is 408 g/mol. The van der Waals surface area contributed by atoms with Crippen LogP contribution in [0.25, 0.3) is 0 Å². The van der Waals surface area contributed by atoms with E-state index in [0.717, 1.165) is 25.9 Å². The highest BCUT2D eigenvalue weighted by molar-refractivity contribution is 5.80. The topological polar surface area (TPSA) is 38.8 Å². The minimum absolute atomic E-state index is 0.0573. The van der Waals surface area contributed by atoms with Gasteiger partial charge in [-0.05, 0) is 55.5 Å². The number of likely N-dealkylation sites (tertiary alicyclic amines) is 1. The standard InChI is InChI=1S/C28H32N4O/c1-17(2)16-23-19-8-7-11-22-24(19)28-13-15-32(23)26-27(28,12-14-31(26)18(3)33)20-9-5-6-10-21(20)29-25(28)30(22)4/h5-11,16,23,25-26,29H,12-15H2,1-4H3. The van der Waals surface area contributed by atoms with Crippen LogP contribution >= 0.6 is 0 Å². The molecule has 2 bridgehead atoms. The van der Waals surface area contributed by atoms with Gasteiger partial charge in [0.25, 0.3) is 0 Å². The van der Waals surface area contributed by atoms with Crippen molar-refractivity contribution in [3.63, 3.8) is 0 Å². The molecule has 2 aromatic carbocycles. The monoisotopic (exact) mass is 440 g/mol. The molecule has 2 saturated heterocycles. The SMILES string of the molecule is CC(=O)N1CCC23c4ccccc4NC4N(C)c5cccc6c5C42CCN(C6C=C(C)C)C13. The molecule has 0 saturated carbocycles. The summed E-state index contributed by atoms with van der Waals surface area (Å²) in [6.45, 7) is 7.98. The predicted octanol–water partition coefficient (Wildman–Crippen LogP) is 4.37. The van der Waals surface area contributed by atoms with E-state index in [1.807, 2.05) is 0 Å². The Hall–Kier alpha value is -2.79. The van der Waals surface area contributed by atoms with Gasteiger partial charge in [0, 0.05) is 43.9 Å². The Bertz CT molecular complexity index is 1230. The molecule has 8 rings (SSSR count). The van der Waals surface area contributed by atoms with Gasteiger partial charge >= 0.3 is 0 Å². The summed E-state index contributed by atoms with van der Waals surface area (Å²) < 4.78 is 0. The van der Waals surface area contributed by atoms with Crippen molar-refractivity contribution in [2.45, 2.75) is 62.8 Å². The van der Waals surface area contributed by atoms with E-state index in [4.69, 9.17) is 0 Å². The van der Waals surface area contributed by atoms with Crippen molar-refractivity contribution in [3.8, 4) is 0 Å². The first-order valence-electron chi connectivity index (χ1n) is 12.3. The second-order valence-electron chi connectivity index (χ2n) is 10.9. The van der Waals surface area contributed by atoms with E-state index in [2.05, 4.69) is 89.5 Å². The number of benzene rings is 2. The number of anilines is 2. The molecule has 0 aliphatic carbocycles. The summed E-state index contributed by atoms with van der Waals surface area (Å²) in [5, 5.41) is 3.99. The number of carbonyl (C=O) groups is 1. The Balaban J connectivity index is 1.65. The lowest BCUT2D eigenvalue weighted by molar-refractivity contribution is -0.139. The molecule has 6 atom stereocenters. The van der Waals surface area contributed by atoms with Crippen molar-refractivity contribution < 1.29 is 4.79 Å². The molecular formula is C28H32N4O. The van der Waals surface area contributed by atoms with Gasteiger partial charge in [0.15, 0.2) is 0 Å². The molecule has 6 unspecified atom stereocenters. The zero-order chi connectivity index (χ0) is 22.7. The van der Waals surface area contributed by atoms with Crippen LogP contribution in [0, 0.1) is 0 Å². The van der Waals surface area contributed by atoms with E-state index in [-0.39, 0.29) is 35.1 Å². The Morgan fingerprint density at radius 1 is 1.03 bits per heavy atom. The van der Waals surface area contributed by atoms with Gasteiger partial charge in [-0.25, -0.2) is 0 Å². The van der Waals surface area contributed by atoms with Crippen LogP contribution < -0.4 is 10.2 Å². The number of amides is 1. The lowest BCUT2D eigenvalue weighted by Gasteiger charge is -2.62. The molecule has 170 valence electrons. The van der Waals surface area contributed by atoms with Crippen molar-refractivity contribution >= 4 is 17.3 Å². The van der Waals surface area contributed by atoms with Crippen LogP contribution in [0.4, 0.5) is 11.4 Å². The third kappa shape index (κ3) is 2.03. The average molecular weight is 441 g/mol. The number of para-hydroxylation sites is 1. The van der Waals surface area contributed by atoms with E-state index in [9.17, 15) is 4.79 Å². The largest absolute Gasteiger partial charge is 0.364 e. The number of fused-ring (bicyclic) bond motifs is 2. The number of rotatable bonds is 1. The lowest BCUT2D eigenvalue weighted by atomic mass is 9.50. The van der Waals surface area contributed by atoms with Gasteiger partial charge in [0.1, 0.15) is 6.17 Å². The molecule has 2 spiro atoms. The Morgan fingerprint density at radius 2 is 1.82 bits per heavy atom. The fraction of sp³-hybridized carbons (Fsp3) is 0.464. The van der Waals surface area contributed by atoms with Crippen molar-refractivity contribution in [2.24, 2.45) is 0 Å². The van der Waals surface area contributed by atoms with Crippen molar-refractivity contribution in [2.75, 3.05) is 30.4 Å². The minimum Gasteiger partial charge on any atom is -0.364 e. The molecule has 6 aliphatic rings. The number of nitrogens with zero attached hydrogens (tertiary/aromatic N) is 3. The number of carbonyl (C=O) groups excluding carboxylic acids is 1. The van der Waals surface area contributed by atoms with E-state index < -0.39 is 0 Å². The fourth-order valence-electron chi connectivity index (χ4n) is 8.48. The van der Waals surface area contributed by atoms with Gasteiger partial charge in [-0.15, -0.1) is 0 Å². The summed E-state index contributed by atoms with van der Waals surface area (Å²) in [6.07, 6.45) is 4.78. The summed E-state index contributed by atoms with van der Waals surface area (Å²) >= 11 is 0. The maximum absolute atomic E-state index is 13.1. The highest BCUT2D eigenvalue weighted by atomic mass is 16.2. The molecule has 5 heteroatoms. The van der Waals surface area contributed by atoms with E-state index in [0.29, 0.717) is 0 Å². The highest BCUT2D eigenvalue weighted by Crippen LogP contribution is 2.71. The van der Waals surface area contributed by atoms with Gasteiger partial charge in [-0.3, -0.25) is 9.69 Å². The van der Waals surface area contributed by atoms with E-state index in [1.165, 1.54) is 33.6 Å². The average Bonchev–Trinajstić information content (AvgIpc) is 3.25. The molecule has 6 aliphatic heterocycles. The van der Waals surface area contributed by atoms with Crippen LogP contribution in [0.2, 0.25) is 0 Å². The molecule has 0 aromatic heterocycles. The maximum Gasteiger partial charge on any atom is 0.220 e. The maximum atomic E-state index is 13.1. The second kappa shape index (κ2) is 6.20. The van der Waals surface area contributed by atoms with Crippen molar-refractivity contribution in [1.29, 1.82) is 0 Å². The van der Waals surface area contributed by atoms with Gasteiger partial charge < -0.3 is 15.1 Å². The zero-order valence-corrected chi connectivity index (χ0v) is 19.9. The third-order valence-corrected chi connectivity index (χ3v) is 9.38. The van der Waals surface area contributed by atoms with E-state index in [1.54, 1.807) is 6.92 Å². The number of allylic oxidation sites excluding steroid dienone is 1. The summed E-state index contributed by atoms with van der Waals surface area (Å²) in [6, 6.07) is 16.0. The quantitative estimate of drug-likeness (QED) is 0.669. The van der Waals surface area contributed by atoms with Crippen LogP contribution in [0.3, 0.4) is 0 Å². The van der Waals surface area contributed by atoms with E-state index >= 15 is 0 Å². The lowest BCUT2D eigenvalue weighted by Crippen LogP contribution is -2.72. The number of hydrogen-bond acceptors (Lipinski definition) is 4. The minimum atomic E-state index is -0.136.